The van der Waals surface area contributed by atoms with E-state index >= 15 is 0 Å². The van der Waals surface area contributed by atoms with Crippen molar-refractivity contribution in [2.45, 2.75) is 32.7 Å². The molecule has 2 aromatic heterocycles. The number of aromatic nitrogens is 4. The molecule has 0 amide bonds. The Kier molecular flexibility index (Phi) is 4.50. The van der Waals surface area contributed by atoms with E-state index in [1.54, 1.807) is 17.9 Å². The Balaban J connectivity index is 1.40. The predicted octanol–water partition coefficient (Wildman–Crippen LogP) is 1.44. The highest BCUT2D eigenvalue weighted by molar-refractivity contribution is 5.42. The zero-order valence-electron chi connectivity index (χ0n) is 16.6. The molecule has 0 radical (unpaired) electrons. The first-order chi connectivity index (χ1) is 12.8. The lowest BCUT2D eigenvalue weighted by atomic mass is 9.92. The van der Waals surface area contributed by atoms with Crippen molar-refractivity contribution in [1.29, 1.82) is 0 Å². The van der Waals surface area contributed by atoms with Crippen molar-refractivity contribution in [3.05, 3.63) is 46.5 Å². The van der Waals surface area contributed by atoms with E-state index in [4.69, 9.17) is 0 Å². The highest BCUT2D eigenvalue weighted by Crippen LogP contribution is 2.34. The predicted molar refractivity (Wildman–Crippen MR) is 105 cm³/mol. The van der Waals surface area contributed by atoms with E-state index in [0.29, 0.717) is 11.8 Å². The lowest BCUT2D eigenvalue weighted by molar-refractivity contribution is 0.304. The quantitative estimate of drug-likeness (QED) is 0.817. The summed E-state index contributed by atoms with van der Waals surface area (Å²) in [6.07, 6.45) is 4.95. The van der Waals surface area contributed by atoms with Crippen LogP contribution in [0.15, 0.2) is 29.6 Å². The Morgan fingerprint density at radius 3 is 2.41 bits per heavy atom. The van der Waals surface area contributed by atoms with E-state index < -0.39 is 0 Å². The van der Waals surface area contributed by atoms with Gasteiger partial charge in [-0.1, -0.05) is 20.8 Å². The van der Waals surface area contributed by atoms with Crippen molar-refractivity contribution < 1.29 is 0 Å². The Bertz CT molecular complexity index is 873. The average Bonchev–Trinajstić information content (AvgIpc) is 3.16. The molecule has 0 spiro atoms. The third kappa shape index (κ3) is 3.74. The molecule has 4 heterocycles. The molecule has 2 aliphatic rings. The highest BCUT2D eigenvalue weighted by atomic mass is 16.1. The van der Waals surface area contributed by atoms with E-state index in [1.807, 2.05) is 6.20 Å². The number of nitrogens with zero attached hydrogens (tertiary/aromatic N) is 6. The van der Waals surface area contributed by atoms with Gasteiger partial charge < -0.3 is 9.47 Å². The lowest BCUT2D eigenvalue weighted by Crippen LogP contribution is -2.30. The van der Waals surface area contributed by atoms with Crippen molar-refractivity contribution in [2.24, 2.45) is 18.9 Å². The molecule has 2 aromatic rings. The molecule has 2 unspecified atom stereocenters. The van der Waals surface area contributed by atoms with Crippen LogP contribution in [0.4, 0.5) is 5.82 Å². The van der Waals surface area contributed by atoms with E-state index in [-0.39, 0.29) is 11.0 Å². The average molecular weight is 368 g/mol. The fraction of sp³-hybridized carbons (Fsp3) is 0.600. The molecule has 27 heavy (non-hydrogen) atoms. The summed E-state index contributed by atoms with van der Waals surface area (Å²) in [6, 6.07) is 2.15. The van der Waals surface area contributed by atoms with Gasteiger partial charge in [-0.15, -0.1) is 0 Å². The van der Waals surface area contributed by atoms with Crippen LogP contribution in [0.5, 0.6) is 0 Å². The SMILES string of the molecule is Cn1cc(CN2CC3CN(c4cc(C(C)(C)C)ncn4)CC3C2)ncc1=O. The molecular formula is C20H28N6O. The van der Waals surface area contributed by atoms with E-state index in [9.17, 15) is 4.79 Å². The van der Waals surface area contributed by atoms with Crippen LogP contribution in [0.2, 0.25) is 0 Å². The highest BCUT2D eigenvalue weighted by Gasteiger charge is 2.40. The molecular weight excluding hydrogens is 340 g/mol. The van der Waals surface area contributed by atoms with Crippen LogP contribution in [-0.4, -0.2) is 50.6 Å². The minimum Gasteiger partial charge on any atom is -0.356 e. The number of hydrogen-bond donors (Lipinski definition) is 0. The van der Waals surface area contributed by atoms with Gasteiger partial charge in [0.1, 0.15) is 12.1 Å². The Morgan fingerprint density at radius 1 is 1.07 bits per heavy atom. The van der Waals surface area contributed by atoms with Gasteiger partial charge in [-0.2, -0.15) is 0 Å². The maximum atomic E-state index is 11.5. The summed E-state index contributed by atoms with van der Waals surface area (Å²) in [4.78, 5) is 29.6. The standard InChI is InChI=1S/C20H28N6O/c1-20(2,3)17-5-18(23-13-22-17)26-9-14-7-25(8-15(14)10-26)12-16-11-24(4)19(27)6-21-16/h5-6,11,13-15H,7-10,12H2,1-4H3. The van der Waals surface area contributed by atoms with Crippen LogP contribution in [0.25, 0.3) is 0 Å². The van der Waals surface area contributed by atoms with Gasteiger partial charge in [0.05, 0.1) is 17.6 Å². The summed E-state index contributed by atoms with van der Waals surface area (Å²) >= 11 is 0. The van der Waals surface area contributed by atoms with E-state index in [0.717, 1.165) is 49.9 Å². The molecule has 7 heteroatoms. The molecule has 2 fully saturated rings. The molecule has 4 rings (SSSR count). The number of hydrogen-bond acceptors (Lipinski definition) is 6. The summed E-state index contributed by atoms with van der Waals surface area (Å²) in [5.74, 6) is 2.37. The van der Waals surface area contributed by atoms with Gasteiger partial charge in [-0.05, 0) is 11.8 Å². The van der Waals surface area contributed by atoms with Gasteiger partial charge >= 0.3 is 0 Å². The minimum atomic E-state index is -0.0628. The maximum Gasteiger partial charge on any atom is 0.268 e. The number of anilines is 1. The van der Waals surface area contributed by atoms with Crippen molar-refractivity contribution >= 4 is 5.82 Å². The van der Waals surface area contributed by atoms with Crippen LogP contribution in [-0.2, 0) is 19.0 Å². The third-order valence-corrected chi connectivity index (χ3v) is 5.72. The molecule has 0 aliphatic carbocycles. The Labute approximate surface area is 160 Å². The largest absolute Gasteiger partial charge is 0.356 e. The summed E-state index contributed by atoms with van der Waals surface area (Å²) in [5.41, 5.74) is 2.02. The number of aryl methyl sites for hydroxylation is 1. The topological polar surface area (TPSA) is 67.2 Å². The first kappa shape index (κ1) is 18.1. The van der Waals surface area contributed by atoms with Gasteiger partial charge in [0.25, 0.3) is 5.56 Å². The molecule has 7 nitrogen and oxygen atoms in total. The molecule has 0 bridgehead atoms. The molecule has 2 aliphatic heterocycles. The summed E-state index contributed by atoms with van der Waals surface area (Å²) in [6.45, 7) is 11.6. The van der Waals surface area contributed by atoms with Crippen molar-refractivity contribution in [1.82, 2.24) is 24.4 Å². The first-order valence-electron chi connectivity index (χ1n) is 9.61. The normalized spacial score (nSPS) is 23.0. The monoisotopic (exact) mass is 368 g/mol. The Hall–Kier alpha value is -2.28. The Morgan fingerprint density at radius 2 is 1.78 bits per heavy atom. The first-order valence-corrected chi connectivity index (χ1v) is 9.61. The van der Waals surface area contributed by atoms with Gasteiger partial charge in [-0.3, -0.25) is 14.7 Å². The second-order valence-corrected chi connectivity index (χ2v) is 8.96. The van der Waals surface area contributed by atoms with Gasteiger partial charge in [0.15, 0.2) is 0 Å². The lowest BCUT2D eigenvalue weighted by Gasteiger charge is -2.24. The second kappa shape index (κ2) is 6.71. The van der Waals surface area contributed by atoms with Gasteiger partial charge in [-0.25, -0.2) is 9.97 Å². The minimum absolute atomic E-state index is 0.0346. The summed E-state index contributed by atoms with van der Waals surface area (Å²) in [7, 11) is 1.78. The van der Waals surface area contributed by atoms with Crippen molar-refractivity contribution in [3.63, 3.8) is 0 Å². The van der Waals surface area contributed by atoms with Crippen LogP contribution in [0.1, 0.15) is 32.2 Å². The third-order valence-electron chi connectivity index (χ3n) is 5.72. The fourth-order valence-electron chi connectivity index (χ4n) is 4.20. The molecule has 0 aromatic carbocycles. The van der Waals surface area contributed by atoms with Gasteiger partial charge in [0, 0.05) is 57.4 Å². The fourth-order valence-corrected chi connectivity index (χ4v) is 4.20. The van der Waals surface area contributed by atoms with E-state index in [2.05, 4.69) is 51.6 Å². The van der Waals surface area contributed by atoms with Crippen LogP contribution >= 0.6 is 0 Å². The second-order valence-electron chi connectivity index (χ2n) is 8.96. The summed E-state index contributed by atoms with van der Waals surface area (Å²) < 4.78 is 1.60. The molecule has 144 valence electrons. The molecule has 2 atom stereocenters. The number of fused-ring (bicyclic) bond motifs is 1. The van der Waals surface area contributed by atoms with Crippen LogP contribution < -0.4 is 10.5 Å². The summed E-state index contributed by atoms with van der Waals surface area (Å²) in [5, 5.41) is 0. The molecule has 2 saturated heterocycles. The number of likely N-dealkylation sites (tertiary alicyclic amines) is 1. The molecule has 0 saturated carbocycles. The maximum absolute atomic E-state index is 11.5. The smallest absolute Gasteiger partial charge is 0.268 e. The van der Waals surface area contributed by atoms with Crippen molar-refractivity contribution in [2.75, 3.05) is 31.1 Å². The van der Waals surface area contributed by atoms with Crippen LogP contribution in [0.3, 0.4) is 0 Å². The molecule has 0 N–H and O–H groups in total. The van der Waals surface area contributed by atoms with Crippen molar-refractivity contribution in [3.8, 4) is 0 Å². The van der Waals surface area contributed by atoms with Crippen LogP contribution in [0, 0.1) is 11.8 Å². The van der Waals surface area contributed by atoms with E-state index in [1.165, 1.54) is 6.20 Å². The zero-order chi connectivity index (χ0) is 19.2. The van der Waals surface area contributed by atoms with Gasteiger partial charge in [0.2, 0.25) is 0 Å². The zero-order valence-corrected chi connectivity index (χ0v) is 16.6. The number of rotatable bonds is 3.